The van der Waals surface area contributed by atoms with E-state index >= 15 is 4.39 Å². The molecule has 41 heavy (non-hydrogen) atoms. The Kier molecular flexibility index (Phi) is 8.49. The molecule has 1 aromatic heterocycles. The van der Waals surface area contributed by atoms with Gasteiger partial charge in [0.2, 0.25) is 5.91 Å². The van der Waals surface area contributed by atoms with Crippen LogP contribution in [-0.2, 0) is 9.53 Å². The summed E-state index contributed by atoms with van der Waals surface area (Å²) in [5.41, 5.74) is 4.06. The molecule has 3 aromatic rings. The number of morpholine rings is 1. The van der Waals surface area contributed by atoms with E-state index in [9.17, 15) is 4.79 Å². The summed E-state index contributed by atoms with van der Waals surface area (Å²) in [5.74, 6) is 1.67. The van der Waals surface area contributed by atoms with Crippen LogP contribution >= 0.6 is 0 Å². The van der Waals surface area contributed by atoms with E-state index in [0.29, 0.717) is 37.2 Å². The van der Waals surface area contributed by atoms with Crippen LogP contribution in [0.3, 0.4) is 0 Å². The highest BCUT2D eigenvalue weighted by Crippen LogP contribution is 2.32. The van der Waals surface area contributed by atoms with E-state index in [1.807, 2.05) is 69.5 Å². The fraction of sp³-hybridized carbons (Fsp3) is 0.419. The predicted octanol–water partition coefficient (Wildman–Crippen LogP) is 4.88. The Labute approximate surface area is 240 Å². The number of nitrogens with one attached hydrogen (secondary N) is 1. The van der Waals surface area contributed by atoms with E-state index in [2.05, 4.69) is 20.4 Å². The second-order valence-electron chi connectivity index (χ2n) is 10.8. The summed E-state index contributed by atoms with van der Waals surface area (Å²) >= 11 is 0. The molecule has 2 atom stereocenters. The summed E-state index contributed by atoms with van der Waals surface area (Å²) in [6.07, 6.45) is 0. The zero-order chi connectivity index (χ0) is 29.1. The van der Waals surface area contributed by atoms with Crippen LogP contribution in [0.1, 0.15) is 50.8 Å². The summed E-state index contributed by atoms with van der Waals surface area (Å²) in [6.45, 7) is 13.1. The van der Waals surface area contributed by atoms with Crippen molar-refractivity contribution in [3.8, 4) is 5.75 Å². The van der Waals surface area contributed by atoms with Gasteiger partial charge in [-0.05, 0) is 56.7 Å². The van der Waals surface area contributed by atoms with Gasteiger partial charge in [-0.3, -0.25) is 9.36 Å². The van der Waals surface area contributed by atoms with E-state index in [4.69, 9.17) is 14.5 Å². The first-order chi connectivity index (χ1) is 19.7. The fourth-order valence-electron chi connectivity index (χ4n) is 4.87. The summed E-state index contributed by atoms with van der Waals surface area (Å²) < 4.78 is 28.3. The van der Waals surface area contributed by atoms with Crippen molar-refractivity contribution in [1.29, 1.82) is 0 Å². The number of anilines is 1. The Balaban J connectivity index is 1.27. The summed E-state index contributed by atoms with van der Waals surface area (Å²) in [6, 6.07) is 12.9. The van der Waals surface area contributed by atoms with Crippen molar-refractivity contribution in [2.24, 2.45) is 10.9 Å². The molecule has 0 saturated carbocycles. The monoisotopic (exact) mass is 560 g/mol. The minimum Gasteiger partial charge on any atom is -0.493 e. The normalized spacial score (nSPS) is 17.5. The van der Waals surface area contributed by atoms with Crippen molar-refractivity contribution in [2.45, 2.75) is 40.5 Å². The number of ether oxygens (including phenoxy) is 2. The van der Waals surface area contributed by atoms with Gasteiger partial charge in [0.25, 0.3) is 0 Å². The number of fused-ring (bicyclic) bond motifs is 1. The average Bonchev–Trinajstić information content (AvgIpc) is 3.52. The second-order valence-corrected chi connectivity index (χ2v) is 10.8. The van der Waals surface area contributed by atoms with Crippen molar-refractivity contribution < 1.29 is 18.7 Å². The maximum atomic E-state index is 15.2. The van der Waals surface area contributed by atoms with Crippen LogP contribution in [0.4, 0.5) is 15.8 Å². The number of halogens is 1. The topological polar surface area (TPSA) is 93.9 Å². The van der Waals surface area contributed by atoms with Gasteiger partial charge in [0.15, 0.2) is 11.6 Å². The number of hydrogen-bond donors (Lipinski definition) is 1. The molecule has 5 rings (SSSR count). The Morgan fingerprint density at radius 3 is 2.51 bits per heavy atom. The molecule has 10 heteroatoms. The van der Waals surface area contributed by atoms with Gasteiger partial charge < -0.3 is 19.7 Å². The maximum Gasteiger partial charge on any atom is 0.226 e. The summed E-state index contributed by atoms with van der Waals surface area (Å²) in [5, 5.41) is 11.8. The number of aliphatic imine (C=N–C) groups is 1. The van der Waals surface area contributed by atoms with Crippen LogP contribution < -0.4 is 15.0 Å². The predicted molar refractivity (Wildman–Crippen MR) is 157 cm³/mol. The Bertz CT molecular complexity index is 1470. The summed E-state index contributed by atoms with van der Waals surface area (Å²) in [7, 11) is 0. The molecule has 2 unspecified atom stereocenters. The molecule has 1 saturated heterocycles. The number of aromatic nitrogens is 3. The lowest BCUT2D eigenvalue weighted by Crippen LogP contribution is -2.36. The van der Waals surface area contributed by atoms with E-state index in [1.54, 1.807) is 6.07 Å². The molecule has 2 aromatic carbocycles. The van der Waals surface area contributed by atoms with E-state index in [-0.39, 0.29) is 30.0 Å². The van der Waals surface area contributed by atoms with Gasteiger partial charge in [-0.1, -0.05) is 31.5 Å². The lowest BCUT2D eigenvalue weighted by Gasteiger charge is -2.28. The van der Waals surface area contributed by atoms with Crippen molar-refractivity contribution in [1.82, 2.24) is 20.1 Å². The highest BCUT2D eigenvalue weighted by molar-refractivity contribution is 6.11. The van der Waals surface area contributed by atoms with Gasteiger partial charge in [0.05, 0.1) is 25.7 Å². The number of aryl methyl sites for hydroxylation is 1. The molecule has 1 N–H and O–H groups in total. The van der Waals surface area contributed by atoms with Crippen LogP contribution in [0.2, 0.25) is 0 Å². The molecule has 0 spiro atoms. The zero-order valence-electron chi connectivity index (χ0n) is 24.3. The Morgan fingerprint density at radius 2 is 1.80 bits per heavy atom. The first kappa shape index (κ1) is 28.5. The lowest BCUT2D eigenvalue weighted by molar-refractivity contribution is -0.125. The lowest BCUT2D eigenvalue weighted by atomic mass is 10.1. The number of carbonyl (C=O) groups excluding carboxylic acids is 1. The Hall–Kier alpha value is -4.05. The first-order valence-corrected chi connectivity index (χ1v) is 14.0. The standard InChI is InChI=1S/C31H37FN6O3/c1-19-6-9-25(10-7-19)41-18-21(3)31(39)33-17-20(2)28-35-36-30-23(5)22(4)29(38(28)30)34-27-11-8-24(16-26(27)32)37-12-14-40-15-13-37/h6-11,16,20-21H,12-15,17-18H2,1-5H3,(H,33,39). The number of hydrogen-bond acceptors (Lipinski definition) is 7. The molecule has 0 aliphatic carbocycles. The number of benzene rings is 2. The smallest absolute Gasteiger partial charge is 0.226 e. The van der Waals surface area contributed by atoms with Crippen LogP contribution in [-0.4, -0.2) is 66.0 Å². The Morgan fingerprint density at radius 1 is 1.07 bits per heavy atom. The van der Waals surface area contributed by atoms with Gasteiger partial charge in [-0.2, -0.15) is 0 Å². The van der Waals surface area contributed by atoms with Crippen LogP contribution in [0.15, 0.2) is 53.0 Å². The second kappa shape index (κ2) is 12.2. The third kappa shape index (κ3) is 6.17. The highest BCUT2D eigenvalue weighted by atomic mass is 19.1. The number of rotatable bonds is 9. The first-order valence-electron chi connectivity index (χ1n) is 14.0. The average molecular weight is 561 g/mol. The van der Waals surface area contributed by atoms with Crippen molar-refractivity contribution in [2.75, 3.05) is 44.4 Å². The quantitative estimate of drug-likeness (QED) is 0.401. The molecule has 9 nitrogen and oxygen atoms in total. The minimum absolute atomic E-state index is 0.105. The highest BCUT2D eigenvalue weighted by Gasteiger charge is 2.30. The molecule has 0 bridgehead atoms. The van der Waals surface area contributed by atoms with E-state index in [0.717, 1.165) is 41.2 Å². The molecule has 2 aliphatic rings. The number of amides is 1. The van der Waals surface area contributed by atoms with E-state index < -0.39 is 5.82 Å². The van der Waals surface area contributed by atoms with Crippen molar-refractivity contribution in [3.63, 3.8) is 0 Å². The molecule has 0 radical (unpaired) electrons. The number of carbonyl (C=O) groups is 1. The van der Waals surface area contributed by atoms with Gasteiger partial charge in [-0.25, -0.2) is 9.38 Å². The molecule has 1 fully saturated rings. The van der Waals surface area contributed by atoms with Gasteiger partial charge >= 0.3 is 0 Å². The van der Waals surface area contributed by atoms with E-state index in [1.165, 1.54) is 6.07 Å². The molecule has 1 amide bonds. The minimum atomic E-state index is -0.392. The third-order valence-electron chi connectivity index (χ3n) is 7.66. The van der Waals surface area contributed by atoms with Crippen molar-refractivity contribution in [3.05, 3.63) is 71.1 Å². The largest absolute Gasteiger partial charge is 0.493 e. The molecule has 216 valence electrons. The molecule has 3 heterocycles. The van der Waals surface area contributed by atoms with Crippen LogP contribution in [0.5, 0.6) is 5.75 Å². The molecular formula is C31H37FN6O3. The molecule has 2 aliphatic heterocycles. The maximum absolute atomic E-state index is 15.2. The number of allylic oxidation sites excluding steroid dienone is 2. The zero-order valence-corrected chi connectivity index (χ0v) is 24.3. The molecular weight excluding hydrogens is 523 g/mol. The fourth-order valence-corrected chi connectivity index (χ4v) is 4.87. The summed E-state index contributed by atoms with van der Waals surface area (Å²) in [4.78, 5) is 19.6. The van der Waals surface area contributed by atoms with Gasteiger partial charge in [0.1, 0.15) is 23.1 Å². The van der Waals surface area contributed by atoms with Gasteiger partial charge in [-0.15, -0.1) is 10.2 Å². The van der Waals surface area contributed by atoms with Crippen LogP contribution in [0.25, 0.3) is 5.57 Å². The van der Waals surface area contributed by atoms with Gasteiger partial charge in [0, 0.05) is 36.8 Å². The third-order valence-corrected chi connectivity index (χ3v) is 7.66. The SMILES string of the molecule is CC1=C(C)c2nnc(C(C)CNC(=O)C(C)COc3ccc(C)cc3)n2C1=Nc1ccc(N2CCOCC2)cc1F. The number of nitrogens with zero attached hydrogens (tertiary/aromatic N) is 5. The van der Waals surface area contributed by atoms with Crippen LogP contribution in [0, 0.1) is 18.7 Å². The van der Waals surface area contributed by atoms with Crippen molar-refractivity contribution >= 4 is 28.7 Å².